The Hall–Kier alpha value is -1.30. The third kappa shape index (κ3) is 4.88. The second-order valence-corrected chi connectivity index (χ2v) is 5.73. The highest BCUT2D eigenvalue weighted by Gasteiger charge is 2.18. The third-order valence-corrected chi connectivity index (χ3v) is 3.98. The second-order valence-electron chi connectivity index (χ2n) is 5.33. The van der Waals surface area contributed by atoms with Crippen molar-refractivity contribution in [2.75, 3.05) is 13.2 Å². The molecule has 1 saturated carbocycles. The van der Waals surface area contributed by atoms with Gasteiger partial charge in [0.2, 0.25) is 0 Å². The standard InChI is InChI=1S/C15H21ClN2O3/c16-14-6-3-11(19)9-13(14)15(20)18-7-8-21-12-4-1-10(17)2-5-12/h3,6,9-10,12,19H,1-2,4-5,7-8,17H2,(H,18,20). The summed E-state index contributed by atoms with van der Waals surface area (Å²) in [5.74, 6) is -0.301. The van der Waals surface area contributed by atoms with E-state index in [2.05, 4.69) is 5.32 Å². The van der Waals surface area contributed by atoms with Crippen LogP contribution in [0.2, 0.25) is 5.02 Å². The predicted octanol–water partition coefficient (Wildman–Crippen LogP) is 2.06. The van der Waals surface area contributed by atoms with Crippen molar-refractivity contribution in [3.8, 4) is 5.75 Å². The van der Waals surface area contributed by atoms with Crippen molar-refractivity contribution in [3.05, 3.63) is 28.8 Å². The number of hydrogen-bond acceptors (Lipinski definition) is 4. The smallest absolute Gasteiger partial charge is 0.253 e. The zero-order valence-electron chi connectivity index (χ0n) is 11.8. The molecule has 0 unspecified atom stereocenters. The number of halogens is 1. The molecular weight excluding hydrogens is 292 g/mol. The topological polar surface area (TPSA) is 84.6 Å². The Morgan fingerprint density at radius 1 is 1.38 bits per heavy atom. The average Bonchev–Trinajstić information content (AvgIpc) is 2.47. The van der Waals surface area contributed by atoms with Crippen LogP contribution in [0.1, 0.15) is 36.0 Å². The first-order valence-electron chi connectivity index (χ1n) is 7.20. The van der Waals surface area contributed by atoms with Crippen LogP contribution in [0.25, 0.3) is 0 Å². The van der Waals surface area contributed by atoms with E-state index in [-0.39, 0.29) is 23.3 Å². The van der Waals surface area contributed by atoms with E-state index in [9.17, 15) is 9.90 Å². The van der Waals surface area contributed by atoms with Crippen LogP contribution in [-0.2, 0) is 4.74 Å². The van der Waals surface area contributed by atoms with Gasteiger partial charge in [-0.15, -0.1) is 0 Å². The van der Waals surface area contributed by atoms with E-state index in [4.69, 9.17) is 22.1 Å². The molecular formula is C15H21ClN2O3. The van der Waals surface area contributed by atoms with Crippen molar-refractivity contribution in [1.29, 1.82) is 0 Å². The van der Waals surface area contributed by atoms with Crippen LogP contribution >= 0.6 is 11.6 Å². The zero-order chi connectivity index (χ0) is 15.2. The Balaban J connectivity index is 1.71. The number of carbonyl (C=O) groups excluding carboxylic acids is 1. The lowest BCUT2D eigenvalue weighted by Gasteiger charge is -2.26. The molecule has 116 valence electrons. The highest BCUT2D eigenvalue weighted by Crippen LogP contribution is 2.21. The van der Waals surface area contributed by atoms with E-state index in [1.807, 2.05) is 0 Å². The Morgan fingerprint density at radius 3 is 2.81 bits per heavy atom. The number of aromatic hydroxyl groups is 1. The van der Waals surface area contributed by atoms with Crippen LogP contribution in [0, 0.1) is 0 Å². The third-order valence-electron chi connectivity index (χ3n) is 3.65. The van der Waals surface area contributed by atoms with Crippen molar-refractivity contribution in [1.82, 2.24) is 5.32 Å². The maximum absolute atomic E-state index is 11.9. The van der Waals surface area contributed by atoms with E-state index < -0.39 is 0 Å². The number of nitrogens with one attached hydrogen (secondary N) is 1. The van der Waals surface area contributed by atoms with Gasteiger partial charge < -0.3 is 20.9 Å². The number of ether oxygens (including phenoxy) is 1. The van der Waals surface area contributed by atoms with Gasteiger partial charge >= 0.3 is 0 Å². The Bertz CT molecular complexity index is 488. The number of carbonyl (C=O) groups is 1. The quantitative estimate of drug-likeness (QED) is 0.727. The Morgan fingerprint density at radius 2 is 2.10 bits per heavy atom. The highest BCUT2D eigenvalue weighted by molar-refractivity contribution is 6.33. The molecule has 21 heavy (non-hydrogen) atoms. The monoisotopic (exact) mass is 312 g/mol. The van der Waals surface area contributed by atoms with Gasteiger partial charge in [0.15, 0.2) is 0 Å². The van der Waals surface area contributed by atoms with Crippen LogP contribution in [0.3, 0.4) is 0 Å². The summed E-state index contributed by atoms with van der Waals surface area (Å²) < 4.78 is 5.72. The van der Waals surface area contributed by atoms with Gasteiger partial charge in [0.25, 0.3) is 5.91 Å². The predicted molar refractivity (Wildman–Crippen MR) is 81.6 cm³/mol. The summed E-state index contributed by atoms with van der Waals surface area (Å²) in [6, 6.07) is 4.59. The number of nitrogens with two attached hydrogens (primary N) is 1. The molecule has 5 nitrogen and oxygen atoms in total. The lowest BCUT2D eigenvalue weighted by atomic mass is 9.94. The first kappa shape index (κ1) is 16.1. The largest absolute Gasteiger partial charge is 0.508 e. The fraction of sp³-hybridized carbons (Fsp3) is 0.533. The van der Waals surface area contributed by atoms with E-state index in [0.29, 0.717) is 24.2 Å². The summed E-state index contributed by atoms with van der Waals surface area (Å²) in [6.45, 7) is 0.870. The number of benzene rings is 1. The Kier molecular flexibility index (Phi) is 5.85. The minimum atomic E-state index is -0.315. The van der Waals surface area contributed by atoms with Gasteiger partial charge in [-0.2, -0.15) is 0 Å². The molecule has 1 aliphatic carbocycles. The molecule has 1 amide bonds. The van der Waals surface area contributed by atoms with Crippen LogP contribution in [0.5, 0.6) is 5.75 Å². The molecule has 2 rings (SSSR count). The van der Waals surface area contributed by atoms with Crippen LogP contribution in [0.15, 0.2) is 18.2 Å². The molecule has 4 N–H and O–H groups in total. The SMILES string of the molecule is NC1CCC(OCCNC(=O)c2cc(O)ccc2Cl)CC1. The first-order chi connectivity index (χ1) is 10.1. The highest BCUT2D eigenvalue weighted by atomic mass is 35.5. The minimum Gasteiger partial charge on any atom is -0.508 e. The summed E-state index contributed by atoms with van der Waals surface area (Å²) in [5.41, 5.74) is 6.10. The number of phenols is 1. The molecule has 1 aliphatic rings. The molecule has 1 aromatic rings. The number of phenolic OH excluding ortho intramolecular Hbond substituents is 1. The van der Waals surface area contributed by atoms with Crippen LogP contribution in [-0.4, -0.2) is 36.3 Å². The van der Waals surface area contributed by atoms with E-state index in [1.165, 1.54) is 18.2 Å². The Labute approximate surface area is 129 Å². The van der Waals surface area contributed by atoms with E-state index >= 15 is 0 Å². The normalized spacial score (nSPS) is 22.0. The van der Waals surface area contributed by atoms with Gasteiger partial charge in [-0.1, -0.05) is 11.6 Å². The van der Waals surface area contributed by atoms with Gasteiger partial charge in [0, 0.05) is 12.6 Å². The molecule has 1 fully saturated rings. The lowest BCUT2D eigenvalue weighted by molar-refractivity contribution is 0.0267. The van der Waals surface area contributed by atoms with Crippen molar-refractivity contribution in [2.24, 2.45) is 5.73 Å². The van der Waals surface area contributed by atoms with Crippen molar-refractivity contribution >= 4 is 17.5 Å². The average molecular weight is 313 g/mol. The number of hydrogen-bond donors (Lipinski definition) is 3. The summed E-state index contributed by atoms with van der Waals surface area (Å²) >= 11 is 5.92. The van der Waals surface area contributed by atoms with Crippen molar-refractivity contribution < 1.29 is 14.6 Å². The summed E-state index contributed by atoms with van der Waals surface area (Å²) in [7, 11) is 0. The molecule has 1 aromatic carbocycles. The van der Waals surface area contributed by atoms with Crippen LogP contribution in [0.4, 0.5) is 0 Å². The molecule has 0 aromatic heterocycles. The second kappa shape index (κ2) is 7.64. The van der Waals surface area contributed by atoms with Crippen molar-refractivity contribution in [2.45, 2.75) is 37.8 Å². The van der Waals surface area contributed by atoms with Gasteiger partial charge in [0.1, 0.15) is 5.75 Å². The molecule has 0 bridgehead atoms. The fourth-order valence-corrected chi connectivity index (χ4v) is 2.63. The van der Waals surface area contributed by atoms with Crippen LogP contribution < -0.4 is 11.1 Å². The molecule has 0 aliphatic heterocycles. The molecule has 0 atom stereocenters. The fourth-order valence-electron chi connectivity index (χ4n) is 2.43. The lowest BCUT2D eigenvalue weighted by Crippen LogP contribution is -2.33. The molecule has 0 radical (unpaired) electrons. The summed E-state index contributed by atoms with van der Waals surface area (Å²) in [4.78, 5) is 11.9. The summed E-state index contributed by atoms with van der Waals surface area (Å²) in [6.07, 6.45) is 4.19. The van der Waals surface area contributed by atoms with Gasteiger partial charge in [0.05, 0.1) is 23.3 Å². The van der Waals surface area contributed by atoms with Gasteiger partial charge in [-0.3, -0.25) is 4.79 Å². The maximum atomic E-state index is 11.9. The molecule has 0 heterocycles. The van der Waals surface area contributed by atoms with Crippen molar-refractivity contribution in [3.63, 3.8) is 0 Å². The minimum absolute atomic E-state index is 0.0133. The molecule has 0 saturated heterocycles. The zero-order valence-corrected chi connectivity index (χ0v) is 12.6. The number of rotatable bonds is 5. The van der Waals surface area contributed by atoms with Gasteiger partial charge in [-0.05, 0) is 43.9 Å². The number of amides is 1. The summed E-state index contributed by atoms with van der Waals surface area (Å²) in [5, 5.41) is 12.4. The van der Waals surface area contributed by atoms with E-state index in [1.54, 1.807) is 0 Å². The molecule has 0 spiro atoms. The first-order valence-corrected chi connectivity index (χ1v) is 7.58. The maximum Gasteiger partial charge on any atom is 0.253 e. The van der Waals surface area contributed by atoms with E-state index in [0.717, 1.165) is 25.7 Å². The van der Waals surface area contributed by atoms with Gasteiger partial charge in [-0.25, -0.2) is 0 Å². The molecule has 6 heteroatoms.